The predicted molar refractivity (Wildman–Crippen MR) is 142 cm³/mol. The first kappa shape index (κ1) is 22.1. The molecule has 6 aromatic heterocycles. The molecule has 0 aliphatic heterocycles. The normalized spacial score (nSPS) is 11.6. The van der Waals surface area contributed by atoms with Crippen LogP contribution in [0, 0.1) is 0 Å². The van der Waals surface area contributed by atoms with Crippen LogP contribution in [0.3, 0.4) is 0 Å². The largest absolute Gasteiger partial charge is 0.382 e. The van der Waals surface area contributed by atoms with E-state index in [0.29, 0.717) is 28.1 Å². The molecule has 6 aromatic rings. The van der Waals surface area contributed by atoms with Gasteiger partial charge in [-0.15, -0.1) is 11.3 Å². The van der Waals surface area contributed by atoms with Gasteiger partial charge in [-0.1, -0.05) is 0 Å². The Balaban J connectivity index is 1.43. The summed E-state index contributed by atoms with van der Waals surface area (Å²) in [7, 11) is 0. The molecule has 0 amide bonds. The summed E-state index contributed by atoms with van der Waals surface area (Å²) in [6.07, 6.45) is 8.96. The van der Waals surface area contributed by atoms with E-state index in [1.807, 2.05) is 36.8 Å². The molecule has 0 atom stereocenters. The smallest absolute Gasteiger partial charge is 0.169 e. The van der Waals surface area contributed by atoms with Crippen LogP contribution >= 0.6 is 11.3 Å². The van der Waals surface area contributed by atoms with Crippen molar-refractivity contribution in [1.82, 2.24) is 35.1 Å². The summed E-state index contributed by atoms with van der Waals surface area (Å²) in [5.41, 5.74) is 6.60. The van der Waals surface area contributed by atoms with Gasteiger partial charge in [-0.2, -0.15) is 5.10 Å². The molecule has 0 aromatic carbocycles. The zero-order valence-electron chi connectivity index (χ0n) is 19.8. The molecule has 0 aliphatic carbocycles. The van der Waals surface area contributed by atoms with Gasteiger partial charge < -0.3 is 10.3 Å². The highest BCUT2D eigenvalue weighted by atomic mass is 32.1. The Morgan fingerprint density at radius 1 is 1.03 bits per heavy atom. The number of carbonyl (C=O) groups excluding carboxylic acids is 1. The van der Waals surface area contributed by atoms with Crippen LogP contribution < -0.4 is 5.32 Å². The van der Waals surface area contributed by atoms with Crippen LogP contribution in [0.2, 0.25) is 0 Å². The number of carbonyl (C=O) groups is 1. The molecule has 0 spiro atoms. The van der Waals surface area contributed by atoms with E-state index in [1.165, 1.54) is 11.3 Å². The number of thiophene rings is 1. The number of ketones is 1. The summed E-state index contributed by atoms with van der Waals surface area (Å²) in [4.78, 5) is 35.0. The third-order valence-corrected chi connectivity index (χ3v) is 7.00. The Hall–Kier alpha value is -4.44. The van der Waals surface area contributed by atoms with E-state index in [4.69, 9.17) is 4.98 Å². The van der Waals surface area contributed by atoms with Crippen molar-refractivity contribution in [2.45, 2.75) is 26.8 Å². The number of nitrogens with zero attached hydrogens (tertiary/aromatic N) is 5. The number of rotatable bonds is 6. The van der Waals surface area contributed by atoms with Gasteiger partial charge in [0.15, 0.2) is 17.3 Å². The van der Waals surface area contributed by atoms with Crippen LogP contribution in [0.25, 0.3) is 55.2 Å². The van der Waals surface area contributed by atoms with Crippen molar-refractivity contribution in [2.75, 3.05) is 5.32 Å². The fourth-order valence-corrected chi connectivity index (χ4v) is 5.06. The lowest BCUT2D eigenvalue weighted by atomic mass is 10.1. The van der Waals surface area contributed by atoms with Crippen molar-refractivity contribution < 1.29 is 4.79 Å². The van der Waals surface area contributed by atoms with Crippen LogP contribution in [0.1, 0.15) is 30.4 Å². The molecule has 0 saturated carbocycles. The number of aromatic amines is 2. The number of imidazole rings is 1. The van der Waals surface area contributed by atoms with E-state index in [2.05, 4.69) is 55.4 Å². The molecule has 9 nitrogen and oxygen atoms in total. The number of aromatic nitrogens is 7. The van der Waals surface area contributed by atoms with Gasteiger partial charge in [0.2, 0.25) is 0 Å². The van der Waals surface area contributed by atoms with Gasteiger partial charge in [0.05, 0.1) is 27.7 Å². The second kappa shape index (κ2) is 8.65. The fraction of sp³-hybridized carbons (Fsp3) is 0.154. The van der Waals surface area contributed by atoms with Gasteiger partial charge in [0.1, 0.15) is 11.2 Å². The van der Waals surface area contributed by atoms with E-state index in [-0.39, 0.29) is 5.78 Å². The van der Waals surface area contributed by atoms with Crippen molar-refractivity contribution in [3.05, 3.63) is 60.1 Å². The summed E-state index contributed by atoms with van der Waals surface area (Å²) in [6, 6.07) is 8.18. The monoisotopic (exact) mass is 494 g/mol. The highest BCUT2D eigenvalue weighted by Crippen LogP contribution is 2.35. The molecule has 6 rings (SSSR count). The molecular weight excluding hydrogens is 472 g/mol. The van der Waals surface area contributed by atoms with E-state index >= 15 is 0 Å². The third-order valence-electron chi connectivity index (χ3n) is 5.78. The topological polar surface area (TPSA) is 125 Å². The van der Waals surface area contributed by atoms with Crippen LogP contribution in [0.5, 0.6) is 0 Å². The van der Waals surface area contributed by atoms with Gasteiger partial charge >= 0.3 is 0 Å². The molecule has 3 N–H and O–H groups in total. The minimum Gasteiger partial charge on any atom is -0.382 e. The van der Waals surface area contributed by atoms with Crippen molar-refractivity contribution in [1.29, 1.82) is 0 Å². The standard InChI is InChI=1S/C26H22N8OS/c1-13(2)30-17-6-15(8-27-10-17)16-7-18-24(33-34-25(18)29-9-16)26-31-20-12-28-11-19(23(20)32-26)22-5-4-21(36-22)14(3)35/h4-13,30H,1-3H3,(H,31,32)(H,29,33,34). The molecule has 0 unspecified atom stereocenters. The second-order valence-electron chi connectivity index (χ2n) is 8.84. The average molecular weight is 495 g/mol. The molecule has 36 heavy (non-hydrogen) atoms. The summed E-state index contributed by atoms with van der Waals surface area (Å²) in [6.45, 7) is 5.75. The maximum atomic E-state index is 11.8. The number of anilines is 1. The van der Waals surface area contributed by atoms with Crippen molar-refractivity contribution >= 4 is 44.9 Å². The number of hydrogen-bond donors (Lipinski definition) is 3. The van der Waals surface area contributed by atoms with E-state index < -0.39 is 0 Å². The predicted octanol–water partition coefficient (Wildman–Crippen LogP) is 5.71. The van der Waals surface area contributed by atoms with Gasteiger partial charge in [0, 0.05) is 52.4 Å². The average Bonchev–Trinajstić information content (AvgIpc) is 3.60. The molecule has 10 heteroatoms. The molecular formula is C26H22N8OS. The van der Waals surface area contributed by atoms with Crippen LogP contribution in [0.15, 0.2) is 55.2 Å². The van der Waals surface area contributed by atoms with Crippen LogP contribution in [0.4, 0.5) is 5.69 Å². The number of Topliss-reactive ketones (excluding diaryl/α,β-unsaturated/α-hetero) is 1. The van der Waals surface area contributed by atoms with E-state index in [0.717, 1.165) is 43.7 Å². The minimum absolute atomic E-state index is 0.0427. The Morgan fingerprint density at radius 3 is 2.67 bits per heavy atom. The van der Waals surface area contributed by atoms with E-state index in [1.54, 1.807) is 19.3 Å². The van der Waals surface area contributed by atoms with Crippen molar-refractivity contribution in [3.63, 3.8) is 0 Å². The minimum atomic E-state index is 0.0427. The lowest BCUT2D eigenvalue weighted by Gasteiger charge is -2.10. The SMILES string of the molecule is CC(=O)c1ccc(-c2cncc3[nH]c(-c4n[nH]c5ncc(-c6cncc(NC(C)C)c6)cc45)nc23)s1. The Kier molecular flexibility index (Phi) is 5.30. The molecule has 178 valence electrons. The lowest BCUT2D eigenvalue weighted by Crippen LogP contribution is -2.09. The molecule has 0 aliphatic rings. The first-order valence-corrected chi connectivity index (χ1v) is 12.3. The molecule has 0 fully saturated rings. The Bertz CT molecular complexity index is 1750. The number of H-pyrrole nitrogens is 2. The van der Waals surface area contributed by atoms with Crippen molar-refractivity contribution in [2.24, 2.45) is 0 Å². The van der Waals surface area contributed by atoms with Crippen LogP contribution in [-0.2, 0) is 0 Å². The Labute approximate surface area is 210 Å². The first-order valence-electron chi connectivity index (χ1n) is 11.5. The molecule has 0 saturated heterocycles. The summed E-state index contributed by atoms with van der Waals surface area (Å²) in [5.74, 6) is 0.655. The number of pyridine rings is 3. The summed E-state index contributed by atoms with van der Waals surface area (Å²) >= 11 is 1.44. The maximum Gasteiger partial charge on any atom is 0.169 e. The first-order chi connectivity index (χ1) is 17.5. The maximum absolute atomic E-state index is 11.8. The van der Waals surface area contributed by atoms with Gasteiger partial charge in [-0.25, -0.2) is 9.97 Å². The number of hydrogen-bond acceptors (Lipinski definition) is 8. The molecule has 6 heterocycles. The highest BCUT2D eigenvalue weighted by Gasteiger charge is 2.18. The van der Waals surface area contributed by atoms with E-state index in [9.17, 15) is 4.79 Å². The lowest BCUT2D eigenvalue weighted by molar-refractivity contribution is 0.102. The quantitative estimate of drug-likeness (QED) is 0.253. The number of fused-ring (bicyclic) bond motifs is 2. The summed E-state index contributed by atoms with van der Waals surface area (Å²) in [5, 5.41) is 11.8. The zero-order valence-corrected chi connectivity index (χ0v) is 20.6. The molecule has 0 bridgehead atoms. The van der Waals surface area contributed by atoms with Crippen molar-refractivity contribution in [3.8, 4) is 33.1 Å². The van der Waals surface area contributed by atoms with Gasteiger partial charge in [-0.3, -0.25) is 19.9 Å². The molecule has 0 radical (unpaired) electrons. The fourth-order valence-electron chi connectivity index (χ4n) is 4.15. The van der Waals surface area contributed by atoms with Gasteiger partial charge in [-0.05, 0) is 45.0 Å². The zero-order chi connectivity index (χ0) is 24.8. The highest BCUT2D eigenvalue weighted by molar-refractivity contribution is 7.17. The third kappa shape index (κ3) is 3.91. The second-order valence-corrected chi connectivity index (χ2v) is 9.93. The van der Waals surface area contributed by atoms with Crippen LogP contribution in [-0.4, -0.2) is 46.9 Å². The number of nitrogens with one attached hydrogen (secondary N) is 3. The Morgan fingerprint density at radius 2 is 1.86 bits per heavy atom. The van der Waals surface area contributed by atoms with Gasteiger partial charge in [0.25, 0.3) is 0 Å². The summed E-state index contributed by atoms with van der Waals surface area (Å²) < 4.78 is 0.